The Kier molecular flexibility index (Phi) is 4.34. The number of aromatic carboxylic acids is 1. The van der Waals surface area contributed by atoms with E-state index in [1.165, 1.54) is 13.0 Å². The third kappa shape index (κ3) is 3.03. The molecule has 0 bridgehead atoms. The summed E-state index contributed by atoms with van der Waals surface area (Å²) in [5, 5.41) is 9.86. The summed E-state index contributed by atoms with van der Waals surface area (Å²) < 4.78 is 1.79. The number of hydrogen-bond acceptors (Lipinski definition) is 3. The van der Waals surface area contributed by atoms with Gasteiger partial charge < -0.3 is 9.67 Å². The number of Topliss-reactive ketones (excluding diaryl/α,β-unsaturated/α-hetero) is 1. The minimum Gasteiger partial charge on any atom is -0.477 e. The monoisotopic (exact) mass is 281 g/mol. The van der Waals surface area contributed by atoms with E-state index in [-0.39, 0.29) is 17.5 Å². The molecule has 1 aliphatic rings. The van der Waals surface area contributed by atoms with Gasteiger partial charge in [0, 0.05) is 23.1 Å². The highest BCUT2D eigenvalue weighted by atomic mass is 32.2. The highest BCUT2D eigenvalue weighted by molar-refractivity contribution is 7.99. The highest BCUT2D eigenvalue weighted by Gasteiger charge is 2.29. The molecule has 0 aliphatic heterocycles. The lowest BCUT2D eigenvalue weighted by molar-refractivity contribution is 0.0682. The summed E-state index contributed by atoms with van der Waals surface area (Å²) in [6.45, 7) is 3.61. The molecule has 0 spiro atoms. The van der Waals surface area contributed by atoms with E-state index >= 15 is 0 Å². The second kappa shape index (κ2) is 5.82. The van der Waals surface area contributed by atoms with Crippen LogP contribution in [0.4, 0.5) is 0 Å². The van der Waals surface area contributed by atoms with Crippen LogP contribution in [0.15, 0.2) is 12.3 Å². The Balaban J connectivity index is 2.24. The fourth-order valence-corrected chi connectivity index (χ4v) is 3.83. The summed E-state index contributed by atoms with van der Waals surface area (Å²) in [4.78, 5) is 22.7. The Morgan fingerprint density at radius 2 is 2.21 bits per heavy atom. The van der Waals surface area contributed by atoms with Crippen molar-refractivity contribution in [3.8, 4) is 0 Å². The topological polar surface area (TPSA) is 59.3 Å². The van der Waals surface area contributed by atoms with E-state index in [1.807, 2.05) is 11.8 Å². The normalized spacial score (nSPS) is 22.6. The van der Waals surface area contributed by atoms with E-state index in [0.717, 1.165) is 25.0 Å². The predicted octanol–water partition coefficient (Wildman–Crippen LogP) is 3.24. The predicted molar refractivity (Wildman–Crippen MR) is 76.2 cm³/mol. The Hall–Kier alpha value is -1.23. The summed E-state index contributed by atoms with van der Waals surface area (Å²) in [6.07, 6.45) is 4.81. The number of carbonyl (C=O) groups excluding carboxylic acids is 1. The number of carboxylic acids is 1. The molecule has 19 heavy (non-hydrogen) atoms. The van der Waals surface area contributed by atoms with Crippen molar-refractivity contribution < 1.29 is 14.7 Å². The lowest BCUT2D eigenvalue weighted by Gasteiger charge is -2.15. The maximum Gasteiger partial charge on any atom is 0.352 e. The summed E-state index contributed by atoms with van der Waals surface area (Å²) in [5.41, 5.74) is 0.723. The van der Waals surface area contributed by atoms with E-state index in [9.17, 15) is 14.7 Å². The molecule has 1 saturated carbocycles. The number of carboxylic acid groups (broad SMARTS) is 1. The number of hydrogen-bond donors (Lipinski definition) is 1. The summed E-state index contributed by atoms with van der Waals surface area (Å²) in [7, 11) is 0. The second-order valence-corrected chi connectivity index (χ2v) is 6.50. The average Bonchev–Trinajstić information content (AvgIpc) is 2.94. The standard InChI is InChI=1S/C14H19NO3S/c1-3-19-12-5-4-11(7-12)15-8-10(9(2)16)6-13(15)14(17)18/h6,8,11-12H,3-5,7H2,1-2H3,(H,17,18). The van der Waals surface area contributed by atoms with Crippen molar-refractivity contribution in [3.63, 3.8) is 0 Å². The number of ketones is 1. The Bertz CT molecular complexity index is 495. The number of thioether (sulfide) groups is 1. The first kappa shape index (κ1) is 14.2. The smallest absolute Gasteiger partial charge is 0.352 e. The number of carbonyl (C=O) groups is 2. The van der Waals surface area contributed by atoms with Crippen LogP contribution in [0.25, 0.3) is 0 Å². The lowest BCUT2D eigenvalue weighted by Crippen LogP contribution is -2.12. The first-order valence-corrected chi connectivity index (χ1v) is 7.65. The molecule has 1 fully saturated rings. The molecule has 0 amide bonds. The van der Waals surface area contributed by atoms with Crippen molar-refractivity contribution in [2.45, 2.75) is 44.4 Å². The minimum absolute atomic E-state index is 0.0845. The number of aromatic nitrogens is 1. The van der Waals surface area contributed by atoms with Gasteiger partial charge in [0.1, 0.15) is 5.69 Å². The molecule has 1 heterocycles. The van der Waals surface area contributed by atoms with Crippen molar-refractivity contribution in [1.29, 1.82) is 0 Å². The zero-order chi connectivity index (χ0) is 14.0. The van der Waals surface area contributed by atoms with Crippen LogP contribution in [0.3, 0.4) is 0 Å². The molecule has 1 aromatic rings. The molecule has 0 radical (unpaired) electrons. The average molecular weight is 281 g/mol. The van der Waals surface area contributed by atoms with Gasteiger partial charge in [0.2, 0.25) is 0 Å². The van der Waals surface area contributed by atoms with Gasteiger partial charge in [-0.15, -0.1) is 0 Å². The van der Waals surface area contributed by atoms with Crippen molar-refractivity contribution in [3.05, 3.63) is 23.5 Å². The molecular weight excluding hydrogens is 262 g/mol. The van der Waals surface area contributed by atoms with Gasteiger partial charge in [-0.2, -0.15) is 11.8 Å². The largest absolute Gasteiger partial charge is 0.477 e. The first-order chi connectivity index (χ1) is 9.02. The fraction of sp³-hybridized carbons (Fsp3) is 0.571. The minimum atomic E-state index is -0.959. The van der Waals surface area contributed by atoms with Gasteiger partial charge in [0.05, 0.1) is 0 Å². The van der Waals surface area contributed by atoms with Gasteiger partial charge in [-0.3, -0.25) is 4.79 Å². The zero-order valence-corrected chi connectivity index (χ0v) is 12.1. The van der Waals surface area contributed by atoms with E-state index in [0.29, 0.717) is 10.8 Å². The SMILES string of the molecule is CCSC1CCC(n2cc(C(C)=O)cc2C(=O)O)C1. The molecule has 2 rings (SSSR count). The first-order valence-electron chi connectivity index (χ1n) is 6.60. The molecule has 0 saturated heterocycles. The highest BCUT2D eigenvalue weighted by Crippen LogP contribution is 2.38. The summed E-state index contributed by atoms with van der Waals surface area (Å²) in [5.74, 6) is 0.0471. The third-order valence-electron chi connectivity index (χ3n) is 3.63. The molecule has 5 heteroatoms. The van der Waals surface area contributed by atoms with Crippen molar-refractivity contribution in [2.75, 3.05) is 5.75 Å². The van der Waals surface area contributed by atoms with Crippen LogP contribution in [-0.2, 0) is 0 Å². The third-order valence-corrected chi connectivity index (χ3v) is 4.86. The van der Waals surface area contributed by atoms with Crippen LogP contribution in [0.5, 0.6) is 0 Å². The number of nitrogens with zero attached hydrogens (tertiary/aromatic N) is 1. The van der Waals surface area contributed by atoms with Gasteiger partial charge in [-0.25, -0.2) is 4.79 Å². The van der Waals surface area contributed by atoms with E-state index in [4.69, 9.17) is 0 Å². The van der Waals surface area contributed by atoms with E-state index < -0.39 is 5.97 Å². The van der Waals surface area contributed by atoms with Gasteiger partial charge in [0.15, 0.2) is 5.78 Å². The second-order valence-electron chi connectivity index (χ2n) is 4.93. The van der Waals surface area contributed by atoms with Crippen LogP contribution in [0.1, 0.15) is 60.0 Å². The lowest BCUT2D eigenvalue weighted by atomic mass is 10.2. The zero-order valence-electron chi connectivity index (χ0n) is 11.3. The molecule has 1 aromatic heterocycles. The molecule has 104 valence electrons. The van der Waals surface area contributed by atoms with Crippen LogP contribution in [0.2, 0.25) is 0 Å². The van der Waals surface area contributed by atoms with Crippen molar-refractivity contribution in [1.82, 2.24) is 4.57 Å². The molecule has 1 N–H and O–H groups in total. The Labute approximate surface area is 117 Å². The maximum absolute atomic E-state index is 11.4. The van der Waals surface area contributed by atoms with E-state index in [1.54, 1.807) is 10.8 Å². The number of rotatable bonds is 5. The molecule has 2 unspecified atom stereocenters. The van der Waals surface area contributed by atoms with Gasteiger partial charge in [-0.1, -0.05) is 6.92 Å². The van der Waals surface area contributed by atoms with E-state index in [2.05, 4.69) is 6.92 Å². The summed E-state index contributed by atoms with van der Waals surface area (Å²) >= 11 is 1.94. The quantitative estimate of drug-likeness (QED) is 0.842. The van der Waals surface area contributed by atoms with Gasteiger partial charge in [-0.05, 0) is 38.0 Å². The summed E-state index contributed by atoms with van der Waals surface area (Å²) in [6, 6.07) is 1.70. The van der Waals surface area contributed by atoms with Crippen LogP contribution < -0.4 is 0 Å². The fourth-order valence-electron chi connectivity index (χ4n) is 2.70. The molecule has 0 aromatic carbocycles. The van der Waals surface area contributed by atoms with Crippen molar-refractivity contribution in [2.24, 2.45) is 0 Å². The maximum atomic E-state index is 11.4. The molecule has 2 atom stereocenters. The Morgan fingerprint density at radius 1 is 1.47 bits per heavy atom. The van der Waals surface area contributed by atoms with Crippen molar-refractivity contribution >= 4 is 23.5 Å². The molecular formula is C14H19NO3S. The Morgan fingerprint density at radius 3 is 2.79 bits per heavy atom. The molecule has 1 aliphatic carbocycles. The van der Waals surface area contributed by atoms with Gasteiger partial charge in [0.25, 0.3) is 0 Å². The van der Waals surface area contributed by atoms with Crippen LogP contribution >= 0.6 is 11.8 Å². The van der Waals surface area contributed by atoms with Gasteiger partial charge >= 0.3 is 5.97 Å². The molecule has 4 nitrogen and oxygen atoms in total. The van der Waals surface area contributed by atoms with Crippen LogP contribution in [0, 0.1) is 0 Å². The van der Waals surface area contributed by atoms with Crippen LogP contribution in [-0.4, -0.2) is 32.4 Å².